The maximum atomic E-state index is 6.31. The van der Waals surface area contributed by atoms with E-state index in [4.69, 9.17) is 24.3 Å². The molecular formula is C39H34BN3O2. The fourth-order valence-electron chi connectivity index (χ4n) is 5.47. The highest BCUT2D eigenvalue weighted by molar-refractivity contribution is 6.62. The molecule has 6 aromatic rings. The summed E-state index contributed by atoms with van der Waals surface area (Å²) in [6.07, 6.45) is 0. The van der Waals surface area contributed by atoms with Gasteiger partial charge >= 0.3 is 7.12 Å². The van der Waals surface area contributed by atoms with Crippen molar-refractivity contribution in [3.8, 4) is 56.4 Å². The Bertz CT molecular complexity index is 1890. The molecule has 0 amide bonds. The lowest BCUT2D eigenvalue weighted by molar-refractivity contribution is 0.00578. The molecule has 5 nitrogen and oxygen atoms in total. The first-order valence-corrected chi connectivity index (χ1v) is 15.3. The van der Waals surface area contributed by atoms with E-state index in [2.05, 4.69) is 100 Å². The average Bonchev–Trinajstić information content (AvgIpc) is 3.31. The molecule has 0 aliphatic carbocycles. The zero-order chi connectivity index (χ0) is 31.0. The van der Waals surface area contributed by atoms with Crippen LogP contribution in [0.25, 0.3) is 56.4 Å². The van der Waals surface area contributed by atoms with Crippen molar-refractivity contribution < 1.29 is 9.31 Å². The predicted octanol–water partition coefficient (Wildman–Crippen LogP) is 8.51. The molecule has 1 aliphatic rings. The second kappa shape index (κ2) is 11.5. The van der Waals surface area contributed by atoms with Crippen molar-refractivity contribution >= 4 is 12.6 Å². The summed E-state index contributed by atoms with van der Waals surface area (Å²) in [4.78, 5) is 14.6. The molecule has 0 atom stereocenters. The quantitative estimate of drug-likeness (QED) is 0.183. The molecule has 7 rings (SSSR count). The Kier molecular flexibility index (Phi) is 7.40. The summed E-state index contributed by atoms with van der Waals surface area (Å²) in [5, 5.41) is 0. The molecule has 0 N–H and O–H groups in total. The summed E-state index contributed by atoms with van der Waals surface area (Å²) < 4.78 is 12.6. The van der Waals surface area contributed by atoms with Crippen LogP contribution in [-0.4, -0.2) is 33.3 Å². The standard InChI is InChI=1S/C39H34BN3O2/c1-38(2)39(3,4)45-40(44-38)34-20-12-19-33(26-34)32-18-11-17-31(25-32)27-21-23-30(24-22-27)37-42-35(28-13-7-5-8-14-28)41-36(43-37)29-15-9-6-10-16-29/h5-26H,1-4H3. The van der Waals surface area contributed by atoms with Crippen molar-refractivity contribution in [3.63, 3.8) is 0 Å². The van der Waals surface area contributed by atoms with Gasteiger partial charge in [-0.05, 0) is 61.5 Å². The molecule has 45 heavy (non-hydrogen) atoms. The van der Waals surface area contributed by atoms with Gasteiger partial charge in [0, 0.05) is 16.7 Å². The van der Waals surface area contributed by atoms with Crippen molar-refractivity contribution in [2.45, 2.75) is 38.9 Å². The van der Waals surface area contributed by atoms with Gasteiger partial charge in [0.25, 0.3) is 0 Å². The Hall–Kier alpha value is -4.91. The van der Waals surface area contributed by atoms with E-state index in [0.29, 0.717) is 17.5 Å². The van der Waals surface area contributed by atoms with Crippen LogP contribution in [0.2, 0.25) is 0 Å². The lowest BCUT2D eigenvalue weighted by Gasteiger charge is -2.32. The number of rotatable bonds is 6. The van der Waals surface area contributed by atoms with E-state index < -0.39 is 7.12 Å². The molecule has 220 valence electrons. The third-order valence-corrected chi connectivity index (χ3v) is 8.78. The Morgan fingerprint density at radius 3 is 1.29 bits per heavy atom. The third kappa shape index (κ3) is 5.83. The Morgan fingerprint density at radius 2 is 0.778 bits per heavy atom. The number of nitrogens with zero attached hydrogens (tertiary/aromatic N) is 3. The summed E-state index contributed by atoms with van der Waals surface area (Å²) in [5.41, 5.74) is 7.59. The van der Waals surface area contributed by atoms with Crippen LogP contribution in [0.4, 0.5) is 0 Å². The molecule has 1 aliphatic heterocycles. The summed E-state index contributed by atoms with van der Waals surface area (Å²) >= 11 is 0. The normalized spacial score (nSPS) is 15.2. The van der Waals surface area contributed by atoms with Crippen LogP contribution in [0.1, 0.15) is 27.7 Å². The first-order chi connectivity index (χ1) is 21.8. The topological polar surface area (TPSA) is 57.1 Å². The van der Waals surface area contributed by atoms with Crippen molar-refractivity contribution in [1.29, 1.82) is 0 Å². The maximum Gasteiger partial charge on any atom is 0.494 e. The summed E-state index contributed by atoms with van der Waals surface area (Å²) in [6, 6.07) is 45.5. The van der Waals surface area contributed by atoms with E-state index in [1.54, 1.807) is 0 Å². The molecule has 0 saturated carbocycles. The molecule has 1 fully saturated rings. The maximum absolute atomic E-state index is 6.31. The molecule has 0 bridgehead atoms. The minimum absolute atomic E-state index is 0.382. The van der Waals surface area contributed by atoms with Gasteiger partial charge in [-0.2, -0.15) is 0 Å². The monoisotopic (exact) mass is 587 g/mol. The van der Waals surface area contributed by atoms with Crippen LogP contribution in [0.15, 0.2) is 133 Å². The molecule has 5 aromatic carbocycles. The molecule has 6 heteroatoms. The van der Waals surface area contributed by atoms with Gasteiger partial charge in [-0.15, -0.1) is 0 Å². The smallest absolute Gasteiger partial charge is 0.399 e. The van der Waals surface area contributed by atoms with Gasteiger partial charge in [0.1, 0.15) is 0 Å². The van der Waals surface area contributed by atoms with Gasteiger partial charge in [0.2, 0.25) is 0 Å². The van der Waals surface area contributed by atoms with E-state index >= 15 is 0 Å². The molecule has 1 aromatic heterocycles. The Labute approximate surface area is 265 Å². The van der Waals surface area contributed by atoms with Gasteiger partial charge in [-0.3, -0.25) is 0 Å². The van der Waals surface area contributed by atoms with Gasteiger partial charge < -0.3 is 9.31 Å². The lowest BCUT2D eigenvalue weighted by atomic mass is 9.78. The van der Waals surface area contributed by atoms with Crippen LogP contribution in [-0.2, 0) is 9.31 Å². The van der Waals surface area contributed by atoms with Crippen molar-refractivity contribution in [1.82, 2.24) is 15.0 Å². The van der Waals surface area contributed by atoms with Gasteiger partial charge in [0.15, 0.2) is 17.5 Å². The Balaban J connectivity index is 1.19. The zero-order valence-electron chi connectivity index (χ0n) is 25.9. The van der Waals surface area contributed by atoms with Crippen molar-refractivity contribution in [3.05, 3.63) is 133 Å². The van der Waals surface area contributed by atoms with Crippen LogP contribution >= 0.6 is 0 Å². The van der Waals surface area contributed by atoms with Gasteiger partial charge in [-0.1, -0.05) is 127 Å². The number of hydrogen-bond donors (Lipinski definition) is 0. The highest BCUT2D eigenvalue weighted by Crippen LogP contribution is 2.37. The third-order valence-electron chi connectivity index (χ3n) is 8.78. The van der Waals surface area contributed by atoms with E-state index in [0.717, 1.165) is 44.4 Å². The van der Waals surface area contributed by atoms with E-state index in [9.17, 15) is 0 Å². The fourth-order valence-corrected chi connectivity index (χ4v) is 5.47. The number of hydrogen-bond acceptors (Lipinski definition) is 5. The molecular weight excluding hydrogens is 553 g/mol. The van der Waals surface area contributed by atoms with E-state index in [-0.39, 0.29) is 11.2 Å². The highest BCUT2D eigenvalue weighted by atomic mass is 16.7. The minimum atomic E-state index is -0.397. The Morgan fingerprint density at radius 1 is 0.400 bits per heavy atom. The molecule has 2 heterocycles. The van der Waals surface area contributed by atoms with Gasteiger partial charge in [0.05, 0.1) is 11.2 Å². The van der Waals surface area contributed by atoms with Crippen molar-refractivity contribution in [2.24, 2.45) is 0 Å². The minimum Gasteiger partial charge on any atom is -0.399 e. The number of benzene rings is 5. The number of aromatic nitrogens is 3. The second-order valence-electron chi connectivity index (χ2n) is 12.4. The summed E-state index contributed by atoms with van der Waals surface area (Å²) in [6.45, 7) is 8.32. The summed E-state index contributed by atoms with van der Waals surface area (Å²) in [7, 11) is -0.397. The molecule has 0 radical (unpaired) electrons. The first-order valence-electron chi connectivity index (χ1n) is 15.3. The fraction of sp³-hybridized carbons (Fsp3) is 0.154. The SMILES string of the molecule is CC1(C)OB(c2cccc(-c3cccc(-c4ccc(-c5nc(-c6ccccc6)nc(-c6ccccc6)n5)cc4)c3)c2)OC1(C)C. The van der Waals surface area contributed by atoms with Gasteiger partial charge in [-0.25, -0.2) is 15.0 Å². The van der Waals surface area contributed by atoms with Crippen LogP contribution in [0.3, 0.4) is 0 Å². The van der Waals surface area contributed by atoms with Crippen LogP contribution in [0, 0.1) is 0 Å². The van der Waals surface area contributed by atoms with E-state index in [1.807, 2.05) is 60.7 Å². The van der Waals surface area contributed by atoms with E-state index in [1.165, 1.54) is 0 Å². The lowest BCUT2D eigenvalue weighted by Crippen LogP contribution is -2.41. The predicted molar refractivity (Wildman–Crippen MR) is 183 cm³/mol. The van der Waals surface area contributed by atoms with Crippen LogP contribution in [0.5, 0.6) is 0 Å². The molecule has 1 saturated heterocycles. The highest BCUT2D eigenvalue weighted by Gasteiger charge is 2.51. The van der Waals surface area contributed by atoms with Crippen molar-refractivity contribution in [2.75, 3.05) is 0 Å². The average molecular weight is 588 g/mol. The largest absolute Gasteiger partial charge is 0.494 e. The molecule has 0 spiro atoms. The van der Waals surface area contributed by atoms with Crippen LogP contribution < -0.4 is 5.46 Å². The molecule has 0 unspecified atom stereocenters. The zero-order valence-corrected chi connectivity index (χ0v) is 25.9. The summed E-state index contributed by atoms with van der Waals surface area (Å²) in [5.74, 6) is 1.94. The first kappa shape index (κ1) is 28.8. The second-order valence-corrected chi connectivity index (χ2v) is 12.4.